The van der Waals surface area contributed by atoms with Gasteiger partial charge in [0.1, 0.15) is 0 Å². The Balaban J connectivity index is 2.12. The Hall–Kier alpha value is -1.56. The molecule has 1 saturated heterocycles. The van der Waals surface area contributed by atoms with E-state index in [1.807, 2.05) is 6.92 Å². The SMILES string of the molecule is C[C@@H]1CN2C(=O)c3c(cccc3C(F)(F)F)[C@H]2CN1. The maximum absolute atomic E-state index is 13.0. The van der Waals surface area contributed by atoms with Crippen molar-refractivity contribution in [1.29, 1.82) is 0 Å². The number of rotatable bonds is 0. The molecule has 0 radical (unpaired) electrons. The van der Waals surface area contributed by atoms with Gasteiger partial charge in [-0.2, -0.15) is 13.2 Å². The third-order valence-corrected chi connectivity index (χ3v) is 3.74. The zero-order chi connectivity index (χ0) is 13.8. The topological polar surface area (TPSA) is 32.3 Å². The summed E-state index contributed by atoms with van der Waals surface area (Å²) in [5.74, 6) is -0.499. The summed E-state index contributed by atoms with van der Waals surface area (Å²) in [4.78, 5) is 13.8. The van der Waals surface area contributed by atoms with Gasteiger partial charge in [0.05, 0.1) is 17.2 Å². The number of hydrogen-bond donors (Lipinski definition) is 1. The van der Waals surface area contributed by atoms with Crippen molar-refractivity contribution in [2.75, 3.05) is 13.1 Å². The second-order valence-corrected chi connectivity index (χ2v) is 5.05. The lowest BCUT2D eigenvalue weighted by Crippen LogP contribution is -2.50. The smallest absolute Gasteiger partial charge is 0.329 e. The number of hydrogen-bond acceptors (Lipinski definition) is 2. The molecule has 2 aliphatic rings. The molecule has 0 bridgehead atoms. The van der Waals surface area contributed by atoms with Crippen LogP contribution < -0.4 is 5.32 Å². The molecule has 6 heteroatoms. The van der Waals surface area contributed by atoms with Gasteiger partial charge in [0, 0.05) is 19.1 Å². The number of amides is 1. The van der Waals surface area contributed by atoms with Gasteiger partial charge in [-0.1, -0.05) is 12.1 Å². The van der Waals surface area contributed by atoms with Gasteiger partial charge in [0.2, 0.25) is 0 Å². The van der Waals surface area contributed by atoms with Crippen molar-refractivity contribution in [1.82, 2.24) is 10.2 Å². The first-order valence-electron chi connectivity index (χ1n) is 6.14. The van der Waals surface area contributed by atoms with E-state index in [-0.39, 0.29) is 17.6 Å². The van der Waals surface area contributed by atoms with Crippen LogP contribution in [0.5, 0.6) is 0 Å². The molecule has 1 N–H and O–H groups in total. The molecule has 3 rings (SSSR count). The Morgan fingerprint density at radius 2 is 2.11 bits per heavy atom. The zero-order valence-corrected chi connectivity index (χ0v) is 10.3. The zero-order valence-electron chi connectivity index (χ0n) is 10.3. The first-order chi connectivity index (χ1) is 8.89. The Morgan fingerprint density at radius 1 is 1.37 bits per heavy atom. The molecule has 0 aliphatic carbocycles. The Morgan fingerprint density at radius 3 is 2.79 bits per heavy atom. The van der Waals surface area contributed by atoms with E-state index in [0.717, 1.165) is 6.07 Å². The number of carbonyl (C=O) groups excluding carboxylic acids is 1. The van der Waals surface area contributed by atoms with Gasteiger partial charge in [0.15, 0.2) is 0 Å². The molecule has 2 heterocycles. The van der Waals surface area contributed by atoms with E-state index in [1.54, 1.807) is 11.0 Å². The summed E-state index contributed by atoms with van der Waals surface area (Å²) in [5.41, 5.74) is -0.507. The summed E-state index contributed by atoms with van der Waals surface area (Å²) in [5, 5.41) is 3.20. The highest BCUT2D eigenvalue weighted by Gasteiger charge is 2.45. The third-order valence-electron chi connectivity index (χ3n) is 3.74. The first kappa shape index (κ1) is 12.5. The van der Waals surface area contributed by atoms with E-state index < -0.39 is 17.6 Å². The normalized spacial score (nSPS) is 26.3. The Kier molecular flexibility index (Phi) is 2.60. The molecule has 1 aromatic rings. The molecular formula is C13H13F3N2O. The minimum Gasteiger partial charge on any atom is -0.329 e. The van der Waals surface area contributed by atoms with Crippen molar-refractivity contribution >= 4 is 5.91 Å². The summed E-state index contributed by atoms with van der Waals surface area (Å²) in [6.07, 6.45) is -4.49. The highest BCUT2D eigenvalue weighted by atomic mass is 19.4. The molecule has 0 aromatic heterocycles. The van der Waals surface area contributed by atoms with Crippen LogP contribution in [0.4, 0.5) is 13.2 Å². The number of carbonyl (C=O) groups is 1. The first-order valence-corrected chi connectivity index (χ1v) is 6.14. The number of halogens is 3. The molecule has 0 spiro atoms. The average Bonchev–Trinajstić information content (AvgIpc) is 2.62. The fraction of sp³-hybridized carbons (Fsp3) is 0.462. The van der Waals surface area contributed by atoms with Crippen molar-refractivity contribution in [2.45, 2.75) is 25.2 Å². The van der Waals surface area contributed by atoms with Gasteiger partial charge in [0.25, 0.3) is 5.91 Å². The van der Waals surface area contributed by atoms with Crippen molar-refractivity contribution in [3.63, 3.8) is 0 Å². The molecule has 1 fully saturated rings. The van der Waals surface area contributed by atoms with Crippen LogP contribution in [0.1, 0.15) is 34.5 Å². The van der Waals surface area contributed by atoms with Crippen molar-refractivity contribution < 1.29 is 18.0 Å². The highest BCUT2D eigenvalue weighted by Crippen LogP contribution is 2.42. The van der Waals surface area contributed by atoms with Crippen molar-refractivity contribution in [2.24, 2.45) is 0 Å². The van der Waals surface area contributed by atoms with E-state index in [2.05, 4.69) is 5.32 Å². The number of fused-ring (bicyclic) bond motifs is 3. The molecule has 2 aliphatic heterocycles. The maximum Gasteiger partial charge on any atom is 0.417 e. The third kappa shape index (κ3) is 1.82. The Bertz CT molecular complexity index is 541. The van der Waals surface area contributed by atoms with E-state index in [1.165, 1.54) is 6.07 Å². The number of benzene rings is 1. The number of nitrogens with zero attached hydrogens (tertiary/aromatic N) is 1. The van der Waals surface area contributed by atoms with Gasteiger partial charge in [-0.05, 0) is 18.6 Å². The molecule has 3 nitrogen and oxygen atoms in total. The van der Waals surface area contributed by atoms with Crippen LogP contribution in [-0.4, -0.2) is 29.9 Å². The lowest BCUT2D eigenvalue weighted by Gasteiger charge is -2.34. The minimum absolute atomic E-state index is 0.101. The maximum atomic E-state index is 13.0. The molecule has 0 saturated carbocycles. The van der Waals surface area contributed by atoms with E-state index >= 15 is 0 Å². The minimum atomic E-state index is -4.49. The van der Waals surface area contributed by atoms with Crippen LogP contribution in [0.2, 0.25) is 0 Å². The summed E-state index contributed by atoms with van der Waals surface area (Å²) >= 11 is 0. The lowest BCUT2D eigenvalue weighted by molar-refractivity contribution is -0.137. The van der Waals surface area contributed by atoms with Gasteiger partial charge in [-0.3, -0.25) is 4.79 Å². The predicted octanol–water partition coefficient (Wildman–Crippen LogP) is 2.19. The fourth-order valence-electron chi connectivity index (χ4n) is 2.88. The fourth-order valence-corrected chi connectivity index (χ4v) is 2.88. The lowest BCUT2D eigenvalue weighted by atomic mass is 9.98. The summed E-state index contributed by atoms with van der Waals surface area (Å²) in [6.45, 7) is 2.86. The largest absolute Gasteiger partial charge is 0.417 e. The van der Waals surface area contributed by atoms with Crippen molar-refractivity contribution in [3.05, 3.63) is 34.9 Å². The second-order valence-electron chi connectivity index (χ2n) is 5.05. The van der Waals surface area contributed by atoms with Crippen LogP contribution in [0.15, 0.2) is 18.2 Å². The quantitative estimate of drug-likeness (QED) is 0.783. The molecule has 1 amide bonds. The van der Waals surface area contributed by atoms with E-state index in [4.69, 9.17) is 0 Å². The van der Waals surface area contributed by atoms with Crippen LogP contribution >= 0.6 is 0 Å². The van der Waals surface area contributed by atoms with Crippen molar-refractivity contribution in [3.8, 4) is 0 Å². The summed E-state index contributed by atoms with van der Waals surface area (Å²) < 4.78 is 39.0. The van der Waals surface area contributed by atoms with Gasteiger partial charge < -0.3 is 10.2 Å². The molecule has 19 heavy (non-hydrogen) atoms. The standard InChI is InChI=1S/C13H13F3N2O/c1-7-6-18-10(5-17-7)8-3-2-4-9(13(14,15)16)11(8)12(18)19/h2-4,7,10,17H,5-6H2,1H3/t7-,10-/m1/s1. The molecule has 0 unspecified atom stereocenters. The summed E-state index contributed by atoms with van der Waals surface area (Å²) in [7, 11) is 0. The second kappa shape index (κ2) is 3.96. The van der Waals surface area contributed by atoms with Crippen LogP contribution in [0.3, 0.4) is 0 Å². The van der Waals surface area contributed by atoms with E-state index in [9.17, 15) is 18.0 Å². The van der Waals surface area contributed by atoms with Gasteiger partial charge >= 0.3 is 6.18 Å². The highest BCUT2D eigenvalue weighted by molar-refractivity contribution is 6.01. The Labute approximate surface area is 108 Å². The van der Waals surface area contributed by atoms with E-state index in [0.29, 0.717) is 18.7 Å². The number of piperazine rings is 1. The monoisotopic (exact) mass is 270 g/mol. The number of nitrogens with one attached hydrogen (secondary N) is 1. The van der Waals surface area contributed by atoms with Gasteiger partial charge in [-0.15, -0.1) is 0 Å². The van der Waals surface area contributed by atoms with Crippen LogP contribution in [0.25, 0.3) is 0 Å². The van der Waals surface area contributed by atoms with Crippen LogP contribution in [0, 0.1) is 0 Å². The molecule has 2 atom stereocenters. The number of alkyl halides is 3. The predicted molar refractivity (Wildman–Crippen MR) is 62.7 cm³/mol. The molecule has 1 aromatic carbocycles. The van der Waals surface area contributed by atoms with Gasteiger partial charge in [-0.25, -0.2) is 0 Å². The molecular weight excluding hydrogens is 257 g/mol. The summed E-state index contributed by atoms with van der Waals surface area (Å²) in [6, 6.07) is 3.79. The van der Waals surface area contributed by atoms with Crippen LogP contribution in [-0.2, 0) is 6.18 Å². The molecule has 102 valence electrons. The average molecular weight is 270 g/mol.